The lowest BCUT2D eigenvalue weighted by molar-refractivity contribution is -0.149. The monoisotopic (exact) mass is 270 g/mol. The fraction of sp³-hybridized carbons (Fsp3) is 0.667. The first-order valence-corrected chi connectivity index (χ1v) is 7.04. The van der Waals surface area contributed by atoms with Crippen LogP contribution in [0.5, 0.6) is 0 Å². The summed E-state index contributed by atoms with van der Waals surface area (Å²) in [5.41, 5.74) is 1.27. The molecular weight excluding hydrogens is 252 g/mol. The van der Waals surface area contributed by atoms with Crippen LogP contribution >= 0.6 is 11.8 Å². The molecule has 1 aliphatic heterocycles. The molecule has 0 aromatic carbocycles. The summed E-state index contributed by atoms with van der Waals surface area (Å²) in [5, 5.41) is 13.4. The molecule has 0 saturated carbocycles. The van der Waals surface area contributed by atoms with Crippen LogP contribution in [-0.4, -0.2) is 45.5 Å². The van der Waals surface area contributed by atoms with Crippen LogP contribution in [0, 0.1) is 13.8 Å². The second-order valence-corrected chi connectivity index (χ2v) is 6.03. The molecule has 0 atom stereocenters. The number of aromatic nitrogens is 1. The summed E-state index contributed by atoms with van der Waals surface area (Å²) in [6, 6.07) is 0. The molecule has 0 aliphatic carbocycles. The highest BCUT2D eigenvalue weighted by molar-refractivity contribution is 7.99. The number of hydrogen-bond donors (Lipinski definition) is 1. The Morgan fingerprint density at radius 1 is 1.56 bits per heavy atom. The Morgan fingerprint density at radius 2 is 2.22 bits per heavy atom. The molecule has 0 radical (unpaired) electrons. The maximum absolute atomic E-state index is 11.8. The fourth-order valence-electron chi connectivity index (χ4n) is 1.99. The molecule has 1 amide bonds. The van der Waals surface area contributed by atoms with Gasteiger partial charge in [-0.05, 0) is 20.8 Å². The summed E-state index contributed by atoms with van der Waals surface area (Å²) in [5.74, 6) is 2.06. The third kappa shape index (κ3) is 2.87. The molecule has 1 aromatic heterocycles. The normalized spacial score (nSPS) is 17.7. The first kappa shape index (κ1) is 13.4. The number of nitrogens with zero attached hydrogens (tertiary/aromatic N) is 2. The Kier molecular flexibility index (Phi) is 3.68. The molecule has 5 nitrogen and oxygen atoms in total. The van der Waals surface area contributed by atoms with Crippen molar-refractivity contribution in [2.45, 2.75) is 32.1 Å². The van der Waals surface area contributed by atoms with Crippen molar-refractivity contribution in [1.82, 2.24) is 10.1 Å². The Balaban J connectivity index is 1.75. The molecule has 2 rings (SSSR count). The van der Waals surface area contributed by atoms with Crippen molar-refractivity contribution in [1.29, 1.82) is 0 Å². The van der Waals surface area contributed by atoms with E-state index in [1.165, 1.54) is 0 Å². The second-order valence-electron chi connectivity index (χ2n) is 5.04. The number of carbonyl (C=O) groups excluding carboxylic acids is 1. The predicted molar refractivity (Wildman–Crippen MR) is 69.3 cm³/mol. The summed E-state index contributed by atoms with van der Waals surface area (Å²) in [7, 11) is 0. The highest BCUT2D eigenvalue weighted by Crippen LogP contribution is 2.23. The van der Waals surface area contributed by atoms with E-state index in [4.69, 9.17) is 4.52 Å². The average Bonchev–Trinajstić information content (AvgIpc) is 2.56. The number of β-amino-alcohol motifs (C(OH)–C–C–N with tert-alkyl or cyclic N) is 1. The van der Waals surface area contributed by atoms with E-state index in [-0.39, 0.29) is 5.91 Å². The molecule has 1 N–H and O–H groups in total. The quantitative estimate of drug-likeness (QED) is 0.888. The molecule has 1 saturated heterocycles. The smallest absolute Gasteiger partial charge is 0.232 e. The maximum Gasteiger partial charge on any atom is 0.232 e. The molecule has 18 heavy (non-hydrogen) atoms. The van der Waals surface area contributed by atoms with Crippen LogP contribution in [-0.2, 0) is 10.5 Å². The number of rotatable bonds is 4. The second kappa shape index (κ2) is 4.93. The van der Waals surface area contributed by atoms with Gasteiger partial charge < -0.3 is 14.5 Å². The lowest BCUT2D eigenvalue weighted by Gasteiger charge is -2.44. The lowest BCUT2D eigenvalue weighted by atomic mass is 9.97. The standard InChI is InChI=1S/C12H18N2O3S/c1-8-10(9(2)17-13-8)4-18-5-11(15)14-6-12(3,16)7-14/h16H,4-7H2,1-3H3. The minimum absolute atomic E-state index is 0.0817. The molecule has 0 unspecified atom stereocenters. The van der Waals surface area contributed by atoms with Gasteiger partial charge in [-0.15, -0.1) is 11.8 Å². The predicted octanol–water partition coefficient (Wildman–Crippen LogP) is 1.12. The van der Waals surface area contributed by atoms with Gasteiger partial charge in [0.15, 0.2) is 0 Å². The third-order valence-corrected chi connectivity index (χ3v) is 4.01. The van der Waals surface area contributed by atoms with Crippen LogP contribution in [0.1, 0.15) is 23.9 Å². The zero-order valence-corrected chi connectivity index (χ0v) is 11.7. The van der Waals surface area contributed by atoms with E-state index in [1.807, 2.05) is 13.8 Å². The van der Waals surface area contributed by atoms with Crippen LogP contribution in [0.3, 0.4) is 0 Å². The van der Waals surface area contributed by atoms with Gasteiger partial charge in [-0.25, -0.2) is 0 Å². The summed E-state index contributed by atoms with van der Waals surface area (Å²) >= 11 is 1.55. The summed E-state index contributed by atoms with van der Waals surface area (Å²) in [6.07, 6.45) is 0. The Labute approximate surface area is 111 Å². The van der Waals surface area contributed by atoms with E-state index in [1.54, 1.807) is 23.6 Å². The van der Waals surface area contributed by atoms with Crippen LogP contribution in [0.15, 0.2) is 4.52 Å². The number of aryl methyl sites for hydroxylation is 2. The van der Waals surface area contributed by atoms with Crippen molar-refractivity contribution in [3.05, 3.63) is 17.0 Å². The third-order valence-electron chi connectivity index (χ3n) is 3.07. The molecule has 1 aromatic rings. The van der Waals surface area contributed by atoms with E-state index in [0.29, 0.717) is 18.8 Å². The van der Waals surface area contributed by atoms with Gasteiger partial charge >= 0.3 is 0 Å². The van der Waals surface area contributed by atoms with E-state index in [2.05, 4.69) is 5.16 Å². The number of hydrogen-bond acceptors (Lipinski definition) is 5. The molecule has 1 aliphatic rings. The Morgan fingerprint density at radius 3 is 2.72 bits per heavy atom. The van der Waals surface area contributed by atoms with E-state index in [9.17, 15) is 9.90 Å². The van der Waals surface area contributed by atoms with Crippen molar-refractivity contribution in [2.24, 2.45) is 0 Å². The SMILES string of the molecule is Cc1noc(C)c1CSCC(=O)N1CC(C)(O)C1. The zero-order chi connectivity index (χ0) is 13.3. The van der Waals surface area contributed by atoms with Crippen LogP contribution in [0.25, 0.3) is 0 Å². The van der Waals surface area contributed by atoms with Crippen molar-refractivity contribution in [2.75, 3.05) is 18.8 Å². The molecule has 0 bridgehead atoms. The number of thioether (sulfide) groups is 1. The molecule has 2 heterocycles. The van der Waals surface area contributed by atoms with Crippen molar-refractivity contribution in [3.63, 3.8) is 0 Å². The summed E-state index contributed by atoms with van der Waals surface area (Å²) in [4.78, 5) is 13.4. The fourth-order valence-corrected chi connectivity index (χ4v) is 3.07. The Bertz CT molecular complexity index is 429. The molecule has 100 valence electrons. The van der Waals surface area contributed by atoms with Gasteiger partial charge in [-0.2, -0.15) is 0 Å². The highest BCUT2D eigenvalue weighted by atomic mass is 32.2. The molecule has 6 heteroatoms. The number of amides is 1. The van der Waals surface area contributed by atoms with Gasteiger partial charge in [0.05, 0.1) is 30.1 Å². The van der Waals surface area contributed by atoms with E-state index in [0.717, 1.165) is 22.8 Å². The van der Waals surface area contributed by atoms with Crippen LogP contribution in [0.2, 0.25) is 0 Å². The minimum Gasteiger partial charge on any atom is -0.386 e. The lowest BCUT2D eigenvalue weighted by Crippen LogP contribution is -2.62. The number of carbonyl (C=O) groups is 1. The van der Waals surface area contributed by atoms with Crippen LogP contribution < -0.4 is 0 Å². The van der Waals surface area contributed by atoms with Crippen molar-refractivity contribution >= 4 is 17.7 Å². The highest BCUT2D eigenvalue weighted by Gasteiger charge is 2.38. The van der Waals surface area contributed by atoms with Gasteiger partial charge in [0.2, 0.25) is 5.91 Å². The first-order valence-electron chi connectivity index (χ1n) is 5.89. The van der Waals surface area contributed by atoms with Gasteiger partial charge in [-0.1, -0.05) is 5.16 Å². The summed E-state index contributed by atoms with van der Waals surface area (Å²) < 4.78 is 5.07. The number of likely N-dealkylation sites (tertiary alicyclic amines) is 1. The number of aliphatic hydroxyl groups is 1. The zero-order valence-electron chi connectivity index (χ0n) is 10.9. The molecular formula is C12H18N2O3S. The van der Waals surface area contributed by atoms with Gasteiger partial charge in [0, 0.05) is 11.3 Å². The topological polar surface area (TPSA) is 66.6 Å². The van der Waals surface area contributed by atoms with E-state index >= 15 is 0 Å². The van der Waals surface area contributed by atoms with Gasteiger partial charge in [0.25, 0.3) is 0 Å². The van der Waals surface area contributed by atoms with Crippen molar-refractivity contribution < 1.29 is 14.4 Å². The van der Waals surface area contributed by atoms with Crippen LogP contribution in [0.4, 0.5) is 0 Å². The average molecular weight is 270 g/mol. The van der Waals surface area contributed by atoms with E-state index < -0.39 is 5.60 Å². The largest absolute Gasteiger partial charge is 0.386 e. The summed E-state index contributed by atoms with van der Waals surface area (Å²) in [6.45, 7) is 6.41. The minimum atomic E-state index is -0.692. The Hall–Kier alpha value is -1.01. The maximum atomic E-state index is 11.8. The molecule has 1 fully saturated rings. The van der Waals surface area contributed by atoms with Gasteiger partial charge in [-0.3, -0.25) is 4.79 Å². The van der Waals surface area contributed by atoms with Gasteiger partial charge in [0.1, 0.15) is 5.76 Å². The first-order chi connectivity index (χ1) is 8.39. The van der Waals surface area contributed by atoms with Crippen molar-refractivity contribution in [3.8, 4) is 0 Å². The molecule has 0 spiro atoms.